The van der Waals surface area contributed by atoms with Gasteiger partial charge in [-0.15, -0.1) is 11.6 Å². The number of fused-ring (bicyclic) bond motifs is 3. The van der Waals surface area contributed by atoms with Crippen LogP contribution in [0.15, 0.2) is 12.2 Å². The van der Waals surface area contributed by atoms with E-state index in [1.165, 1.54) is 78.7 Å². The third kappa shape index (κ3) is 21.3. The zero-order valence-corrected chi connectivity index (χ0v) is 66.3. The molecule has 614 valence electrons. The Hall–Kier alpha value is -6.79. The van der Waals surface area contributed by atoms with E-state index in [-0.39, 0.29) is 135 Å². The summed E-state index contributed by atoms with van der Waals surface area (Å²) in [6, 6.07) is -10.8. The van der Waals surface area contributed by atoms with Crippen LogP contribution >= 0.6 is 11.6 Å². The fourth-order valence-electron chi connectivity index (χ4n) is 17.6. The van der Waals surface area contributed by atoms with Gasteiger partial charge < -0.3 is 64.8 Å². The first-order chi connectivity index (χ1) is 51.4. The van der Waals surface area contributed by atoms with Crippen molar-refractivity contribution in [2.75, 3.05) is 88.7 Å². The molecule has 25 nitrogen and oxygen atoms in total. The van der Waals surface area contributed by atoms with Gasteiger partial charge in [-0.3, -0.25) is 57.5 Å². The topological polar surface area (TPSA) is 279 Å². The maximum Gasteiger partial charge on any atom is 0.393 e. The average Bonchev–Trinajstić information content (AvgIpc) is 1.71. The van der Waals surface area contributed by atoms with Crippen molar-refractivity contribution in [1.29, 1.82) is 0 Å². The Morgan fingerprint density at radius 2 is 1.27 bits per heavy atom. The number of alkyl halides is 7. The lowest BCUT2D eigenvalue weighted by Crippen LogP contribution is -2.68. The molecule has 8 aliphatic rings. The Bertz CT molecular complexity index is 3280. The quantitative estimate of drug-likeness (QED) is 0.0882. The van der Waals surface area contributed by atoms with Crippen molar-refractivity contribution in [3.8, 4) is 0 Å². The van der Waals surface area contributed by atoms with Crippen molar-refractivity contribution in [3.05, 3.63) is 12.2 Å². The van der Waals surface area contributed by atoms with E-state index in [1.807, 2.05) is 6.92 Å². The monoisotopic (exact) mass is 1570 g/mol. The number of carbonyl (C=O) groups excluding carboxylic acids is 12. The SMILES string of the molecule is CCO[C@@H]1C[C@H]2C(=O)NC3(CCC3)C(=O)N(C)[C@@H](C3CCCC3)C(=O)N(C)[C@H](C(=O)N(C)CC)CC(=O)N(C)[C@@H](CC3CCC3)C(=O)N[C@@H]([C@@H](C)CC)C(=O)N(C)CC(=O)N(C)[C@H]3C/C=C\CCN(C3=O)[C@@H](CC3CCC(C(F)(F)F)CC3)C(=O)N(C)CC(=O)N[C@@H](CCC3CCC(C(F)(F)F)C(Cl)C3)C(=O)N2C1. The smallest absolute Gasteiger partial charge is 0.377 e. The zero-order valence-electron chi connectivity index (χ0n) is 65.6. The first-order valence-corrected chi connectivity index (χ1v) is 40.2. The number of ether oxygens (including phenoxy) is 1. The van der Waals surface area contributed by atoms with Crippen LogP contribution in [-0.4, -0.2) is 281 Å². The van der Waals surface area contributed by atoms with Crippen LogP contribution in [0.1, 0.15) is 195 Å². The summed E-state index contributed by atoms with van der Waals surface area (Å²) in [7, 11) is 9.84. The molecule has 13 atom stereocenters. The van der Waals surface area contributed by atoms with Crippen LogP contribution in [0.3, 0.4) is 0 Å². The zero-order chi connectivity index (χ0) is 80.3. The van der Waals surface area contributed by atoms with Crippen LogP contribution in [0.2, 0.25) is 0 Å². The molecule has 3 N–H and O–H groups in total. The lowest BCUT2D eigenvalue weighted by molar-refractivity contribution is -0.184. The third-order valence-electron chi connectivity index (χ3n) is 25.4. The molecule has 7 fully saturated rings. The Morgan fingerprint density at radius 1 is 0.633 bits per heavy atom. The average molecular weight is 1570 g/mol. The molecule has 5 aliphatic carbocycles. The Labute approximate surface area is 643 Å². The van der Waals surface area contributed by atoms with Gasteiger partial charge in [0.15, 0.2) is 0 Å². The molecule has 0 aromatic carbocycles. The summed E-state index contributed by atoms with van der Waals surface area (Å²) in [4.78, 5) is 193. The number of halogens is 7. The van der Waals surface area contributed by atoms with Crippen LogP contribution in [0.25, 0.3) is 0 Å². The molecule has 0 aromatic heterocycles. The van der Waals surface area contributed by atoms with E-state index < -0.39 is 204 Å². The summed E-state index contributed by atoms with van der Waals surface area (Å²) in [5.41, 5.74) is -1.63. The van der Waals surface area contributed by atoms with Crippen LogP contribution < -0.4 is 16.0 Å². The number of nitrogens with zero attached hydrogens (tertiary/aromatic N) is 9. The van der Waals surface area contributed by atoms with Crippen molar-refractivity contribution in [3.63, 3.8) is 0 Å². The minimum Gasteiger partial charge on any atom is -0.377 e. The second kappa shape index (κ2) is 38.2. The molecule has 0 aromatic rings. The van der Waals surface area contributed by atoms with Gasteiger partial charge in [-0.1, -0.05) is 64.5 Å². The van der Waals surface area contributed by atoms with E-state index in [0.29, 0.717) is 38.5 Å². The Kier molecular flexibility index (Phi) is 30.7. The highest BCUT2D eigenvalue weighted by atomic mass is 35.5. The van der Waals surface area contributed by atoms with Crippen molar-refractivity contribution in [2.24, 2.45) is 41.4 Å². The van der Waals surface area contributed by atoms with Crippen molar-refractivity contribution in [2.45, 2.75) is 272 Å². The molecule has 0 radical (unpaired) electrons. The minimum atomic E-state index is -4.57. The number of hydrogen-bond donors (Lipinski definition) is 3. The van der Waals surface area contributed by atoms with Crippen LogP contribution in [-0.2, 0) is 62.3 Å². The second-order valence-corrected chi connectivity index (χ2v) is 33.1. The second-order valence-electron chi connectivity index (χ2n) is 32.6. The lowest BCUT2D eigenvalue weighted by atomic mass is 9.74. The van der Waals surface area contributed by atoms with Crippen LogP contribution in [0, 0.1) is 41.4 Å². The minimum absolute atomic E-state index is 0.00380. The third-order valence-corrected chi connectivity index (χ3v) is 25.9. The summed E-state index contributed by atoms with van der Waals surface area (Å²) in [5, 5.41) is 7.41. The molecular weight excluding hydrogens is 1450 g/mol. The van der Waals surface area contributed by atoms with Gasteiger partial charge in [-0.25, -0.2) is 0 Å². The van der Waals surface area contributed by atoms with E-state index in [2.05, 4.69) is 16.0 Å². The molecule has 8 rings (SSSR count). The molecule has 1 spiro atoms. The highest BCUT2D eigenvalue weighted by Gasteiger charge is 2.55. The normalized spacial score (nSPS) is 31.9. The van der Waals surface area contributed by atoms with Gasteiger partial charge in [-0.05, 0) is 159 Å². The standard InChI is InChI=1S/C77H119ClF6N12O13/c1-12-46(4)64-72(106)90(7)45-63(99)91(8)56-26-16-15-19-37-95(71(56)105)60(40-49-27-31-51(32-28-49)76(79,80)81)70(104)89(6)44-61(97)85-55(34-30-48-29-33-53(54(78)38-48)77(82,83)84)68(102)96-43-52(109-14-3)41-58(96)67(101)87-75(35-21-36-75)74(108)94(11)65(50-24-17-18-25-50)73(107)93(10)59(69(103)88(5)13-2)42-62(98)92(9)57(66(100)86-64)39-47-22-20-23-47/h15-16,46-60,64-65H,12-14,17-45H2,1-11H3,(H,85,97)(H,86,100)(H,87,101)/b16-15-/t46-,48?,49?,51?,52+,53?,54?,55-,56-,57-,58-,59-,60-,64-,65-/m0/s1. The maximum atomic E-state index is 15.7. The van der Waals surface area contributed by atoms with E-state index in [4.69, 9.17) is 16.3 Å². The largest absolute Gasteiger partial charge is 0.393 e. The van der Waals surface area contributed by atoms with Gasteiger partial charge in [0.1, 0.15) is 53.9 Å². The van der Waals surface area contributed by atoms with Crippen molar-refractivity contribution < 1.29 is 88.6 Å². The first-order valence-electron chi connectivity index (χ1n) is 39.7. The fourth-order valence-corrected chi connectivity index (χ4v) is 18.2. The molecule has 3 unspecified atom stereocenters. The molecule has 3 aliphatic heterocycles. The van der Waals surface area contributed by atoms with Gasteiger partial charge >= 0.3 is 12.4 Å². The molecule has 12 amide bonds. The van der Waals surface area contributed by atoms with Gasteiger partial charge in [0.05, 0.1) is 37.5 Å². The van der Waals surface area contributed by atoms with Crippen LogP contribution in [0.5, 0.6) is 0 Å². The lowest BCUT2D eigenvalue weighted by Gasteiger charge is -2.46. The van der Waals surface area contributed by atoms with Gasteiger partial charge in [0, 0.05) is 87.4 Å². The molecule has 3 heterocycles. The predicted molar refractivity (Wildman–Crippen MR) is 393 cm³/mol. The van der Waals surface area contributed by atoms with Crippen LogP contribution in [0.4, 0.5) is 26.3 Å². The molecular formula is C77H119ClF6N12O13. The maximum absolute atomic E-state index is 15.7. The Balaban J connectivity index is 1.20. The van der Waals surface area contributed by atoms with E-state index in [1.54, 1.807) is 32.9 Å². The highest BCUT2D eigenvalue weighted by molar-refractivity contribution is 6.21. The number of hydrogen-bond acceptors (Lipinski definition) is 13. The molecule has 2 bridgehead atoms. The molecule has 2 saturated heterocycles. The fraction of sp³-hybridized carbons (Fsp3) is 0.818. The summed E-state index contributed by atoms with van der Waals surface area (Å²) < 4.78 is 91.0. The molecule has 32 heteroatoms. The molecule has 5 saturated carbocycles. The summed E-state index contributed by atoms with van der Waals surface area (Å²) in [5.74, 6) is -14.0. The number of amides is 12. The summed E-state index contributed by atoms with van der Waals surface area (Å²) >= 11 is 6.44. The number of rotatable bonds is 14. The number of carbonyl (C=O) groups is 12. The highest BCUT2D eigenvalue weighted by Crippen LogP contribution is 2.45. The van der Waals surface area contributed by atoms with E-state index in [9.17, 15) is 45.5 Å². The number of likely N-dealkylation sites (N-methyl/N-ethyl adjacent to an activating group) is 7. The predicted octanol–water partition coefficient (Wildman–Crippen LogP) is 7.21. The first kappa shape index (κ1) is 87.8. The van der Waals surface area contributed by atoms with Crippen molar-refractivity contribution >= 4 is 82.5 Å². The summed E-state index contributed by atoms with van der Waals surface area (Å²) in [6.45, 7) is 5.62. The van der Waals surface area contributed by atoms with Crippen molar-refractivity contribution in [1.82, 2.24) is 60.0 Å². The summed E-state index contributed by atoms with van der Waals surface area (Å²) in [6.07, 6.45) is -1.83. The van der Waals surface area contributed by atoms with E-state index >= 15 is 38.4 Å². The van der Waals surface area contributed by atoms with Gasteiger partial charge in [0.25, 0.3) is 0 Å². The van der Waals surface area contributed by atoms with Gasteiger partial charge in [0.2, 0.25) is 70.9 Å². The molecule has 109 heavy (non-hydrogen) atoms. The Morgan fingerprint density at radius 3 is 1.84 bits per heavy atom. The number of nitrogens with one attached hydrogen (secondary N) is 3. The van der Waals surface area contributed by atoms with E-state index in [0.717, 1.165) is 34.0 Å². The van der Waals surface area contributed by atoms with Gasteiger partial charge in [-0.2, -0.15) is 26.3 Å².